The molecule has 2 aliphatic rings. The average Bonchev–Trinajstić information content (AvgIpc) is 2.86. The Hall–Kier alpha value is -0.680. The molecule has 1 N–H and O–H groups in total. The van der Waals surface area contributed by atoms with Gasteiger partial charge in [-0.05, 0) is 50.6 Å². The minimum atomic E-state index is 0.490. The number of hydrogen-bond acceptors (Lipinski definition) is 5. The molecule has 1 spiro atoms. The summed E-state index contributed by atoms with van der Waals surface area (Å²) in [6.07, 6.45) is 6.73. The van der Waals surface area contributed by atoms with E-state index in [-0.39, 0.29) is 0 Å². The summed E-state index contributed by atoms with van der Waals surface area (Å²) in [5, 5.41) is 14.6. The van der Waals surface area contributed by atoms with Gasteiger partial charge in [0.25, 0.3) is 0 Å². The van der Waals surface area contributed by atoms with Crippen molar-refractivity contribution in [2.75, 3.05) is 31.1 Å². The van der Waals surface area contributed by atoms with Crippen molar-refractivity contribution in [3.63, 3.8) is 0 Å². The van der Waals surface area contributed by atoms with Crippen molar-refractivity contribution in [1.29, 1.82) is 0 Å². The molecule has 0 aliphatic carbocycles. The second-order valence-corrected chi connectivity index (χ2v) is 7.66. The van der Waals surface area contributed by atoms with Crippen LogP contribution >= 0.6 is 11.3 Å². The predicted octanol–water partition coefficient (Wildman–Crippen LogP) is 3.02. The summed E-state index contributed by atoms with van der Waals surface area (Å²) in [7, 11) is 0. The maximum absolute atomic E-state index is 4.42. The molecule has 4 nitrogen and oxygen atoms in total. The van der Waals surface area contributed by atoms with Crippen molar-refractivity contribution in [1.82, 2.24) is 15.5 Å². The first-order valence-electron chi connectivity index (χ1n) is 7.98. The fraction of sp³-hybridized carbons (Fsp3) is 0.867. The molecule has 112 valence electrons. The maximum atomic E-state index is 4.42. The van der Waals surface area contributed by atoms with Gasteiger partial charge in [-0.25, -0.2) is 0 Å². The quantitative estimate of drug-likeness (QED) is 0.910. The molecule has 1 aromatic rings. The van der Waals surface area contributed by atoms with Crippen LogP contribution in [-0.2, 0) is 0 Å². The second kappa shape index (κ2) is 5.98. The maximum Gasteiger partial charge on any atom is 0.208 e. The van der Waals surface area contributed by atoms with Crippen LogP contribution in [0.4, 0.5) is 5.13 Å². The monoisotopic (exact) mass is 294 g/mol. The summed E-state index contributed by atoms with van der Waals surface area (Å²) in [4.78, 5) is 2.47. The molecule has 1 aromatic heterocycles. The van der Waals surface area contributed by atoms with Crippen molar-refractivity contribution >= 4 is 16.5 Å². The number of nitrogens with one attached hydrogen (secondary N) is 1. The van der Waals surface area contributed by atoms with E-state index in [1.165, 1.54) is 50.2 Å². The van der Waals surface area contributed by atoms with Gasteiger partial charge < -0.3 is 10.2 Å². The third-order valence-electron chi connectivity index (χ3n) is 4.91. The van der Waals surface area contributed by atoms with Gasteiger partial charge in [-0.1, -0.05) is 25.2 Å². The van der Waals surface area contributed by atoms with Crippen LogP contribution in [0.1, 0.15) is 56.9 Å². The molecule has 2 fully saturated rings. The Bertz CT molecular complexity index is 437. The van der Waals surface area contributed by atoms with E-state index in [4.69, 9.17) is 0 Å². The second-order valence-electron chi connectivity index (χ2n) is 6.67. The van der Waals surface area contributed by atoms with Crippen LogP contribution in [0.5, 0.6) is 0 Å². The lowest BCUT2D eigenvalue weighted by molar-refractivity contribution is 0.178. The largest absolute Gasteiger partial charge is 0.347 e. The van der Waals surface area contributed by atoms with Gasteiger partial charge >= 0.3 is 0 Å². The fourth-order valence-corrected chi connectivity index (χ4v) is 4.39. The topological polar surface area (TPSA) is 41.1 Å². The van der Waals surface area contributed by atoms with Gasteiger partial charge in [0.1, 0.15) is 5.01 Å². The van der Waals surface area contributed by atoms with Gasteiger partial charge in [-0.15, -0.1) is 10.2 Å². The molecule has 5 heteroatoms. The van der Waals surface area contributed by atoms with E-state index in [0.717, 1.165) is 18.2 Å². The molecule has 0 aromatic carbocycles. The van der Waals surface area contributed by atoms with Crippen molar-refractivity contribution in [3.05, 3.63) is 5.01 Å². The SMILES string of the molecule is CC(C)c1nnc(N2CCCC3(CCNCC3)CC2)s1. The number of nitrogens with zero attached hydrogens (tertiary/aromatic N) is 3. The van der Waals surface area contributed by atoms with Gasteiger partial charge in [-0.3, -0.25) is 0 Å². The fourth-order valence-electron chi connectivity index (χ4n) is 3.49. The molecule has 0 radical (unpaired) electrons. The van der Waals surface area contributed by atoms with E-state index in [1.54, 1.807) is 11.3 Å². The zero-order valence-electron chi connectivity index (χ0n) is 12.7. The van der Waals surface area contributed by atoms with Crippen LogP contribution in [0.2, 0.25) is 0 Å². The molecule has 0 saturated carbocycles. The van der Waals surface area contributed by atoms with E-state index in [0.29, 0.717) is 11.3 Å². The van der Waals surface area contributed by atoms with Crippen LogP contribution in [0, 0.1) is 5.41 Å². The highest BCUT2D eigenvalue weighted by Crippen LogP contribution is 2.40. The van der Waals surface area contributed by atoms with Gasteiger partial charge in [0, 0.05) is 19.0 Å². The highest BCUT2D eigenvalue weighted by atomic mass is 32.1. The van der Waals surface area contributed by atoms with Gasteiger partial charge in [0.15, 0.2) is 0 Å². The highest BCUT2D eigenvalue weighted by molar-refractivity contribution is 7.15. The molecule has 0 atom stereocenters. The Morgan fingerprint density at radius 2 is 1.90 bits per heavy atom. The summed E-state index contributed by atoms with van der Waals surface area (Å²) in [5.41, 5.74) is 0.603. The zero-order valence-corrected chi connectivity index (χ0v) is 13.5. The molecular formula is C15H26N4S. The minimum absolute atomic E-state index is 0.490. The number of piperidine rings is 1. The first-order chi connectivity index (χ1) is 9.69. The molecule has 2 aliphatic heterocycles. The number of aromatic nitrogens is 2. The summed E-state index contributed by atoms with van der Waals surface area (Å²) in [6.45, 7) is 9.11. The number of rotatable bonds is 2. The van der Waals surface area contributed by atoms with E-state index in [2.05, 4.69) is 34.3 Å². The molecule has 0 amide bonds. The van der Waals surface area contributed by atoms with Crippen molar-refractivity contribution in [2.45, 2.75) is 51.9 Å². The third-order valence-corrected chi connectivity index (χ3v) is 6.19. The predicted molar refractivity (Wildman–Crippen MR) is 84.6 cm³/mol. The zero-order chi connectivity index (χ0) is 14.0. The number of anilines is 1. The van der Waals surface area contributed by atoms with E-state index in [9.17, 15) is 0 Å². The molecule has 3 heterocycles. The van der Waals surface area contributed by atoms with Crippen molar-refractivity contribution in [2.24, 2.45) is 5.41 Å². The van der Waals surface area contributed by atoms with Crippen LogP contribution in [0.3, 0.4) is 0 Å². The van der Waals surface area contributed by atoms with E-state index in [1.807, 2.05) is 0 Å². The summed E-state index contributed by atoms with van der Waals surface area (Å²) in [5.74, 6) is 0.490. The molecule has 0 unspecified atom stereocenters. The first-order valence-corrected chi connectivity index (χ1v) is 8.79. The summed E-state index contributed by atoms with van der Waals surface area (Å²) < 4.78 is 0. The summed E-state index contributed by atoms with van der Waals surface area (Å²) in [6, 6.07) is 0. The van der Waals surface area contributed by atoms with E-state index < -0.39 is 0 Å². The van der Waals surface area contributed by atoms with Crippen LogP contribution in [-0.4, -0.2) is 36.4 Å². The van der Waals surface area contributed by atoms with Crippen molar-refractivity contribution in [3.8, 4) is 0 Å². The van der Waals surface area contributed by atoms with E-state index >= 15 is 0 Å². The Labute approximate surface area is 126 Å². The van der Waals surface area contributed by atoms with Gasteiger partial charge in [-0.2, -0.15) is 0 Å². The molecule has 2 saturated heterocycles. The third kappa shape index (κ3) is 2.98. The highest BCUT2D eigenvalue weighted by Gasteiger charge is 2.34. The molecular weight excluding hydrogens is 268 g/mol. The lowest BCUT2D eigenvalue weighted by atomic mass is 9.73. The minimum Gasteiger partial charge on any atom is -0.347 e. The Morgan fingerprint density at radius 3 is 2.60 bits per heavy atom. The van der Waals surface area contributed by atoms with Crippen LogP contribution in [0.15, 0.2) is 0 Å². The Balaban J connectivity index is 1.67. The average molecular weight is 294 g/mol. The summed E-state index contributed by atoms with van der Waals surface area (Å²) >= 11 is 1.78. The Morgan fingerprint density at radius 1 is 1.10 bits per heavy atom. The van der Waals surface area contributed by atoms with Crippen LogP contribution < -0.4 is 10.2 Å². The normalized spacial score (nSPS) is 23.2. The first kappa shape index (κ1) is 14.3. The molecule has 3 rings (SSSR count). The van der Waals surface area contributed by atoms with Gasteiger partial charge in [0.05, 0.1) is 0 Å². The standard InChI is InChI=1S/C15H26N4S/c1-12(2)13-17-18-14(20-13)19-10-3-4-15(7-11-19)5-8-16-9-6-15/h12,16H,3-11H2,1-2H3. The number of hydrogen-bond donors (Lipinski definition) is 1. The van der Waals surface area contributed by atoms with Crippen LogP contribution in [0.25, 0.3) is 0 Å². The lowest BCUT2D eigenvalue weighted by Crippen LogP contribution is -2.37. The van der Waals surface area contributed by atoms with Gasteiger partial charge in [0.2, 0.25) is 5.13 Å². The van der Waals surface area contributed by atoms with Crippen molar-refractivity contribution < 1.29 is 0 Å². The molecule has 20 heavy (non-hydrogen) atoms. The smallest absolute Gasteiger partial charge is 0.208 e. The lowest BCUT2D eigenvalue weighted by Gasteiger charge is -2.36. The molecule has 0 bridgehead atoms. The Kier molecular flexibility index (Phi) is 4.26.